The highest BCUT2D eigenvalue weighted by atomic mass is 19.1. The molecule has 0 N–H and O–H groups in total. The zero-order chi connectivity index (χ0) is 28.0. The van der Waals surface area contributed by atoms with E-state index in [9.17, 15) is 4.39 Å². The van der Waals surface area contributed by atoms with Gasteiger partial charge in [0.25, 0.3) is 0 Å². The van der Waals surface area contributed by atoms with Gasteiger partial charge in [-0.3, -0.25) is 0 Å². The number of halogens is 1. The van der Waals surface area contributed by atoms with Crippen LogP contribution in [0.4, 0.5) is 4.39 Å². The van der Waals surface area contributed by atoms with Crippen molar-refractivity contribution in [3.63, 3.8) is 0 Å². The lowest BCUT2D eigenvalue weighted by Crippen LogP contribution is -2.06. The minimum Gasteiger partial charge on any atom is -0.455 e. The molecule has 0 saturated heterocycles. The van der Waals surface area contributed by atoms with E-state index in [-0.39, 0.29) is 0 Å². The van der Waals surface area contributed by atoms with Crippen molar-refractivity contribution >= 4 is 33.0 Å². The number of benzene rings is 5. The lowest BCUT2D eigenvalue weighted by Gasteiger charge is -2.18. The van der Waals surface area contributed by atoms with E-state index in [1.165, 1.54) is 29.0 Å². The molecule has 5 aromatic carbocycles. The van der Waals surface area contributed by atoms with Gasteiger partial charge in [0.05, 0.1) is 23.1 Å². The summed E-state index contributed by atoms with van der Waals surface area (Å²) in [4.78, 5) is 9.00. The summed E-state index contributed by atoms with van der Waals surface area (Å²) in [7, 11) is 0. The molecule has 4 nitrogen and oxygen atoms in total. The van der Waals surface area contributed by atoms with E-state index >= 15 is 0 Å². The van der Waals surface area contributed by atoms with Crippen LogP contribution >= 0.6 is 0 Å². The fraction of sp³-hybridized carbons (Fsp3) is 0.0270. The van der Waals surface area contributed by atoms with Gasteiger partial charge in [0.1, 0.15) is 17.0 Å². The Morgan fingerprint density at radius 2 is 1.29 bits per heavy atom. The Labute approximate surface area is 241 Å². The number of hydrogen-bond donors (Lipinski definition) is 0. The average Bonchev–Trinajstić information content (AvgIpc) is 3.60. The molecule has 0 amide bonds. The molecule has 3 aromatic heterocycles. The SMILES string of the molecule is Fc1cc2oc3c(-c4nc5ccccc5n4Cc4c(-c5ccccc5)cccc4-c4ccccc4)cccc3c2cn1. The van der Waals surface area contributed by atoms with Gasteiger partial charge in [-0.25, -0.2) is 9.97 Å². The van der Waals surface area contributed by atoms with Gasteiger partial charge >= 0.3 is 0 Å². The smallest absolute Gasteiger partial charge is 0.216 e. The Balaban J connectivity index is 1.40. The summed E-state index contributed by atoms with van der Waals surface area (Å²) in [6, 6.07) is 43.1. The molecule has 0 atom stereocenters. The van der Waals surface area contributed by atoms with Crippen molar-refractivity contribution in [1.29, 1.82) is 0 Å². The van der Waals surface area contributed by atoms with Crippen molar-refractivity contribution in [1.82, 2.24) is 14.5 Å². The fourth-order valence-electron chi connectivity index (χ4n) is 5.98. The largest absolute Gasteiger partial charge is 0.455 e. The van der Waals surface area contributed by atoms with Crippen LogP contribution in [-0.2, 0) is 6.54 Å². The van der Waals surface area contributed by atoms with Gasteiger partial charge in [0.2, 0.25) is 5.95 Å². The molecule has 0 fully saturated rings. The summed E-state index contributed by atoms with van der Waals surface area (Å²) in [5, 5.41) is 1.65. The van der Waals surface area contributed by atoms with E-state index in [0.717, 1.165) is 44.3 Å². The molecule has 0 aliphatic rings. The maximum Gasteiger partial charge on any atom is 0.216 e. The molecule has 0 aliphatic carbocycles. The van der Waals surface area contributed by atoms with Crippen LogP contribution in [0.2, 0.25) is 0 Å². The monoisotopic (exact) mass is 545 g/mol. The zero-order valence-corrected chi connectivity index (χ0v) is 22.5. The molecule has 0 saturated carbocycles. The Hall–Kier alpha value is -5.55. The maximum atomic E-state index is 14.0. The van der Waals surface area contributed by atoms with Crippen LogP contribution in [0.3, 0.4) is 0 Å². The Bertz CT molecular complexity index is 2180. The van der Waals surface area contributed by atoms with E-state index in [0.29, 0.717) is 17.7 Å². The van der Waals surface area contributed by atoms with Crippen LogP contribution in [0.1, 0.15) is 5.56 Å². The van der Waals surface area contributed by atoms with Crippen LogP contribution in [0.15, 0.2) is 138 Å². The predicted octanol–water partition coefficient (Wildman–Crippen LogP) is 9.52. The van der Waals surface area contributed by atoms with Gasteiger partial charge in [-0.15, -0.1) is 0 Å². The number of furan rings is 1. The van der Waals surface area contributed by atoms with Gasteiger partial charge < -0.3 is 8.98 Å². The van der Waals surface area contributed by atoms with Crippen LogP contribution in [0, 0.1) is 5.95 Å². The number of hydrogen-bond acceptors (Lipinski definition) is 3. The minimum absolute atomic E-state index is 0.466. The van der Waals surface area contributed by atoms with Crippen molar-refractivity contribution in [3.8, 4) is 33.6 Å². The third-order valence-corrected chi connectivity index (χ3v) is 7.91. The normalized spacial score (nSPS) is 11.5. The third-order valence-electron chi connectivity index (χ3n) is 7.91. The minimum atomic E-state index is -0.568. The van der Waals surface area contributed by atoms with E-state index in [2.05, 4.69) is 82.3 Å². The molecule has 0 unspecified atom stereocenters. The van der Waals surface area contributed by atoms with Crippen LogP contribution in [-0.4, -0.2) is 14.5 Å². The van der Waals surface area contributed by atoms with Crippen LogP contribution in [0.25, 0.3) is 66.6 Å². The first kappa shape index (κ1) is 24.3. The summed E-state index contributed by atoms with van der Waals surface area (Å²) in [6.45, 7) is 0.581. The molecule has 3 heterocycles. The molecule has 200 valence electrons. The number of aromatic nitrogens is 3. The third kappa shape index (κ3) is 3.98. The van der Waals surface area contributed by atoms with Crippen molar-refractivity contribution in [2.24, 2.45) is 0 Å². The summed E-state index contributed by atoms with van der Waals surface area (Å²) in [5.41, 5.74) is 9.75. The number of imidazole rings is 1. The first-order chi connectivity index (χ1) is 20.7. The lowest BCUT2D eigenvalue weighted by atomic mass is 9.91. The summed E-state index contributed by atoms with van der Waals surface area (Å²) in [6.07, 6.45) is 1.53. The lowest BCUT2D eigenvalue weighted by molar-refractivity contribution is 0.579. The van der Waals surface area contributed by atoms with Crippen LogP contribution in [0.5, 0.6) is 0 Å². The van der Waals surface area contributed by atoms with Gasteiger partial charge in [0.15, 0.2) is 0 Å². The van der Waals surface area contributed by atoms with Crippen molar-refractivity contribution in [2.45, 2.75) is 6.54 Å². The van der Waals surface area contributed by atoms with E-state index < -0.39 is 5.95 Å². The first-order valence-corrected chi connectivity index (χ1v) is 13.9. The Morgan fingerprint density at radius 1 is 0.643 bits per heavy atom. The fourth-order valence-corrected chi connectivity index (χ4v) is 5.98. The molecule has 0 aliphatic heterocycles. The summed E-state index contributed by atoms with van der Waals surface area (Å²) >= 11 is 0. The number of para-hydroxylation sites is 3. The molecule has 0 spiro atoms. The number of pyridine rings is 1. The quantitative estimate of drug-likeness (QED) is 0.202. The van der Waals surface area contributed by atoms with Crippen molar-refractivity contribution in [2.75, 3.05) is 0 Å². The van der Waals surface area contributed by atoms with Gasteiger partial charge in [-0.05, 0) is 46.0 Å². The molecule has 8 rings (SSSR count). The molecule has 8 aromatic rings. The Kier molecular flexibility index (Phi) is 5.67. The number of rotatable bonds is 5. The van der Waals surface area contributed by atoms with E-state index in [4.69, 9.17) is 9.40 Å². The highest BCUT2D eigenvalue weighted by molar-refractivity contribution is 6.09. The second kappa shape index (κ2) is 9.82. The van der Waals surface area contributed by atoms with Gasteiger partial charge in [0, 0.05) is 23.0 Å². The summed E-state index contributed by atoms with van der Waals surface area (Å²) in [5.74, 6) is 0.220. The van der Waals surface area contributed by atoms with Crippen molar-refractivity contribution < 1.29 is 8.81 Å². The molecule has 42 heavy (non-hydrogen) atoms. The topological polar surface area (TPSA) is 43.9 Å². The van der Waals surface area contributed by atoms with Gasteiger partial charge in [-0.1, -0.05) is 103 Å². The highest BCUT2D eigenvalue weighted by Gasteiger charge is 2.21. The highest BCUT2D eigenvalue weighted by Crippen LogP contribution is 2.39. The molecule has 0 radical (unpaired) electrons. The predicted molar refractivity (Wildman–Crippen MR) is 167 cm³/mol. The zero-order valence-electron chi connectivity index (χ0n) is 22.5. The van der Waals surface area contributed by atoms with E-state index in [1.807, 2.05) is 48.5 Å². The molecule has 0 bridgehead atoms. The maximum absolute atomic E-state index is 14.0. The molecule has 5 heteroatoms. The second-order valence-corrected chi connectivity index (χ2v) is 10.4. The summed E-state index contributed by atoms with van der Waals surface area (Å²) < 4.78 is 22.5. The number of nitrogens with zero attached hydrogens (tertiary/aromatic N) is 3. The van der Waals surface area contributed by atoms with Crippen molar-refractivity contribution in [3.05, 3.63) is 145 Å². The number of fused-ring (bicyclic) bond motifs is 4. The second-order valence-electron chi connectivity index (χ2n) is 10.4. The van der Waals surface area contributed by atoms with Gasteiger partial charge in [-0.2, -0.15) is 4.39 Å². The standard InChI is InChI=1S/C37H24FN3O/c38-35-21-34-30(22-39-35)28-17-10-18-29(36(28)42-34)37-40-32-19-7-8-20-33(32)41(37)23-31-26(24-11-3-1-4-12-24)15-9-16-27(31)25-13-5-2-6-14-25/h1-22H,23H2. The van der Waals surface area contributed by atoms with Crippen LogP contribution < -0.4 is 0 Å². The van der Waals surface area contributed by atoms with E-state index in [1.54, 1.807) is 0 Å². The molecular weight excluding hydrogens is 521 g/mol. The average molecular weight is 546 g/mol. The molecular formula is C37H24FN3O. The Morgan fingerprint density at radius 3 is 2.02 bits per heavy atom. The first-order valence-electron chi connectivity index (χ1n) is 13.9.